The molecule has 1 aliphatic heterocycles. The van der Waals surface area contributed by atoms with Crippen molar-refractivity contribution in [3.05, 3.63) is 81.2 Å². The number of rotatable bonds is 11. The second kappa shape index (κ2) is 13.5. The molecular formula is C30H33ClN6O5. The van der Waals surface area contributed by atoms with Gasteiger partial charge in [-0.2, -0.15) is 0 Å². The Kier molecular flexibility index (Phi) is 9.40. The van der Waals surface area contributed by atoms with Gasteiger partial charge in [0.05, 0.1) is 24.9 Å². The van der Waals surface area contributed by atoms with E-state index in [0.29, 0.717) is 43.4 Å². The number of nitrogens with one attached hydrogen (secondary N) is 2. The highest BCUT2D eigenvalue weighted by Crippen LogP contribution is 2.31. The molecule has 0 bridgehead atoms. The molecule has 1 aliphatic rings. The molecule has 12 heteroatoms. The number of para-hydroxylation sites is 1. The van der Waals surface area contributed by atoms with Crippen LogP contribution >= 0.6 is 11.6 Å². The van der Waals surface area contributed by atoms with Gasteiger partial charge in [0.25, 0.3) is 17.3 Å². The first kappa shape index (κ1) is 29.2. The number of pyridine rings is 1. The van der Waals surface area contributed by atoms with Crippen LogP contribution in [-0.4, -0.2) is 77.4 Å². The van der Waals surface area contributed by atoms with E-state index in [1.54, 1.807) is 19.2 Å². The van der Waals surface area contributed by atoms with Crippen molar-refractivity contribution in [2.75, 3.05) is 51.8 Å². The Morgan fingerprint density at radius 2 is 1.86 bits per heavy atom. The normalized spacial score (nSPS) is 13.6. The Morgan fingerprint density at radius 3 is 2.64 bits per heavy atom. The number of carbonyl (C=O) groups excluding carboxylic acids is 1. The fourth-order valence-corrected chi connectivity index (χ4v) is 4.94. The van der Waals surface area contributed by atoms with E-state index in [9.17, 15) is 9.59 Å². The molecule has 1 amide bonds. The van der Waals surface area contributed by atoms with Gasteiger partial charge in [-0.05, 0) is 36.8 Å². The summed E-state index contributed by atoms with van der Waals surface area (Å²) in [5, 5.41) is 10.4. The second-order valence-corrected chi connectivity index (χ2v) is 10.1. The first-order chi connectivity index (χ1) is 20.4. The van der Waals surface area contributed by atoms with Gasteiger partial charge in [0, 0.05) is 44.7 Å². The SMILES string of the molecule is CCOc1n[nH]c(=O)c(Cl)c1NCc1ccc(OC)c(OCC(=O)N2CCN(Cc3ccc4ccccc4n3)CC2)c1. The molecule has 0 aliphatic carbocycles. The summed E-state index contributed by atoms with van der Waals surface area (Å²) in [5.74, 6) is 1.05. The summed E-state index contributed by atoms with van der Waals surface area (Å²) in [6.07, 6.45) is 0. The van der Waals surface area contributed by atoms with Crippen LogP contribution in [0.3, 0.4) is 0 Å². The number of fused-ring (bicyclic) bond motifs is 1. The van der Waals surface area contributed by atoms with E-state index in [4.69, 9.17) is 30.8 Å². The molecule has 0 unspecified atom stereocenters. The third kappa shape index (κ3) is 6.92. The number of amides is 1. The monoisotopic (exact) mass is 592 g/mol. The number of H-pyrrole nitrogens is 1. The van der Waals surface area contributed by atoms with Crippen LogP contribution < -0.4 is 25.1 Å². The lowest BCUT2D eigenvalue weighted by atomic mass is 10.2. The number of piperazine rings is 1. The van der Waals surface area contributed by atoms with Gasteiger partial charge in [-0.15, -0.1) is 5.10 Å². The maximum absolute atomic E-state index is 13.0. The standard InChI is InChI=1S/C30H33ClN6O5/c1-3-41-30-28(27(31)29(39)34-35-30)32-17-20-8-11-24(40-2)25(16-20)42-19-26(38)37-14-12-36(13-15-37)18-22-10-9-21-6-4-5-7-23(21)33-22/h4-11,16H,3,12-15,17-19H2,1-2H3,(H2,32,34,39). The van der Waals surface area contributed by atoms with E-state index in [-0.39, 0.29) is 23.4 Å². The average molecular weight is 593 g/mol. The molecule has 0 radical (unpaired) electrons. The van der Waals surface area contributed by atoms with Crippen LogP contribution in [0.25, 0.3) is 10.9 Å². The second-order valence-electron chi connectivity index (χ2n) is 9.76. The van der Waals surface area contributed by atoms with Crippen LogP contribution in [0.5, 0.6) is 17.4 Å². The molecule has 42 heavy (non-hydrogen) atoms. The van der Waals surface area contributed by atoms with Crippen molar-refractivity contribution in [2.45, 2.75) is 20.0 Å². The zero-order valence-corrected chi connectivity index (χ0v) is 24.3. The molecule has 1 fully saturated rings. The highest BCUT2D eigenvalue weighted by atomic mass is 35.5. The molecule has 220 valence electrons. The molecule has 3 heterocycles. The lowest BCUT2D eigenvalue weighted by Crippen LogP contribution is -2.49. The number of aromatic nitrogens is 3. The molecule has 2 aromatic carbocycles. The van der Waals surface area contributed by atoms with E-state index >= 15 is 0 Å². The predicted octanol–water partition coefficient (Wildman–Crippen LogP) is 3.71. The van der Waals surface area contributed by atoms with Gasteiger partial charge in [-0.3, -0.25) is 19.5 Å². The smallest absolute Gasteiger partial charge is 0.285 e. The molecule has 2 aromatic heterocycles. The molecule has 5 rings (SSSR count). The zero-order chi connectivity index (χ0) is 29.5. The number of nitrogens with zero attached hydrogens (tertiary/aromatic N) is 4. The summed E-state index contributed by atoms with van der Waals surface area (Å²) in [6, 6.07) is 17.6. The van der Waals surface area contributed by atoms with Gasteiger partial charge in [0.15, 0.2) is 18.1 Å². The molecule has 0 saturated carbocycles. The summed E-state index contributed by atoms with van der Waals surface area (Å²) in [4.78, 5) is 33.8. The fraction of sp³-hybridized carbons (Fsp3) is 0.333. The molecular weight excluding hydrogens is 560 g/mol. The summed E-state index contributed by atoms with van der Waals surface area (Å²) in [7, 11) is 1.54. The Balaban J connectivity index is 1.15. The molecule has 0 spiro atoms. The predicted molar refractivity (Wildman–Crippen MR) is 160 cm³/mol. The highest BCUT2D eigenvalue weighted by Gasteiger charge is 2.22. The quantitative estimate of drug-likeness (QED) is 0.268. The molecule has 0 atom stereocenters. The van der Waals surface area contributed by atoms with E-state index in [1.165, 1.54) is 0 Å². The van der Waals surface area contributed by atoms with Gasteiger partial charge >= 0.3 is 0 Å². The van der Waals surface area contributed by atoms with Crippen molar-refractivity contribution in [3.8, 4) is 17.4 Å². The summed E-state index contributed by atoms with van der Waals surface area (Å²) in [5.41, 5.74) is 2.60. The van der Waals surface area contributed by atoms with Gasteiger partial charge in [-0.1, -0.05) is 41.9 Å². The van der Waals surface area contributed by atoms with Crippen LogP contribution in [0, 0.1) is 0 Å². The first-order valence-corrected chi connectivity index (χ1v) is 14.1. The molecule has 2 N–H and O–H groups in total. The summed E-state index contributed by atoms with van der Waals surface area (Å²) < 4.78 is 16.8. The number of anilines is 1. The summed E-state index contributed by atoms with van der Waals surface area (Å²) in [6.45, 7) is 5.84. The lowest BCUT2D eigenvalue weighted by molar-refractivity contribution is -0.135. The number of methoxy groups -OCH3 is 1. The minimum absolute atomic E-state index is 0.0438. The van der Waals surface area contributed by atoms with Crippen molar-refractivity contribution in [1.29, 1.82) is 0 Å². The minimum atomic E-state index is -0.522. The maximum Gasteiger partial charge on any atom is 0.285 e. The van der Waals surface area contributed by atoms with E-state index < -0.39 is 5.56 Å². The van der Waals surface area contributed by atoms with Crippen LogP contribution in [0.4, 0.5) is 5.69 Å². The zero-order valence-electron chi connectivity index (χ0n) is 23.6. The van der Waals surface area contributed by atoms with Crippen molar-refractivity contribution in [3.63, 3.8) is 0 Å². The third-order valence-electron chi connectivity index (χ3n) is 6.99. The molecule has 11 nitrogen and oxygen atoms in total. The Bertz CT molecular complexity index is 1610. The Labute approximate surface area is 248 Å². The number of ether oxygens (including phenoxy) is 3. The largest absolute Gasteiger partial charge is 0.493 e. The number of carbonyl (C=O) groups is 1. The number of benzene rings is 2. The number of hydrogen-bond donors (Lipinski definition) is 2. The van der Waals surface area contributed by atoms with E-state index in [2.05, 4.69) is 38.6 Å². The highest BCUT2D eigenvalue weighted by molar-refractivity contribution is 6.33. The van der Waals surface area contributed by atoms with Crippen LogP contribution in [-0.2, 0) is 17.9 Å². The van der Waals surface area contributed by atoms with Gasteiger partial charge in [0.1, 0.15) is 10.7 Å². The van der Waals surface area contributed by atoms with E-state index in [1.807, 2.05) is 36.1 Å². The van der Waals surface area contributed by atoms with E-state index in [0.717, 1.165) is 41.8 Å². The van der Waals surface area contributed by atoms with Gasteiger partial charge < -0.3 is 24.4 Å². The Hall–Kier alpha value is -4.35. The van der Waals surface area contributed by atoms with Crippen molar-refractivity contribution in [1.82, 2.24) is 25.0 Å². The Morgan fingerprint density at radius 1 is 1.05 bits per heavy atom. The lowest BCUT2D eigenvalue weighted by Gasteiger charge is -2.34. The minimum Gasteiger partial charge on any atom is -0.493 e. The summed E-state index contributed by atoms with van der Waals surface area (Å²) >= 11 is 6.19. The topological polar surface area (TPSA) is 122 Å². The molecule has 4 aromatic rings. The third-order valence-corrected chi connectivity index (χ3v) is 7.35. The van der Waals surface area contributed by atoms with Crippen LogP contribution in [0.1, 0.15) is 18.2 Å². The average Bonchev–Trinajstić information content (AvgIpc) is 3.02. The van der Waals surface area contributed by atoms with Crippen LogP contribution in [0.15, 0.2) is 59.4 Å². The maximum atomic E-state index is 13.0. The van der Waals surface area contributed by atoms with Crippen molar-refractivity contribution >= 4 is 34.1 Å². The van der Waals surface area contributed by atoms with Crippen molar-refractivity contribution in [2.24, 2.45) is 0 Å². The van der Waals surface area contributed by atoms with Gasteiger partial charge in [0.2, 0.25) is 0 Å². The number of halogens is 1. The van der Waals surface area contributed by atoms with Crippen LogP contribution in [0.2, 0.25) is 5.02 Å². The number of aromatic amines is 1. The fourth-order valence-electron chi connectivity index (χ4n) is 4.75. The first-order valence-electron chi connectivity index (χ1n) is 13.7. The van der Waals surface area contributed by atoms with Crippen molar-refractivity contribution < 1.29 is 19.0 Å². The van der Waals surface area contributed by atoms with Gasteiger partial charge in [-0.25, -0.2) is 5.10 Å². The number of hydrogen-bond acceptors (Lipinski definition) is 9. The molecule has 1 saturated heterocycles.